The molecule has 1 N–H and O–H groups in total. The lowest BCUT2D eigenvalue weighted by Crippen LogP contribution is -2.31. The SMILES string of the molecule is CC1CCCC(CCNC2COCc3ccccc32)C1. The van der Waals surface area contributed by atoms with Gasteiger partial charge in [0.1, 0.15) is 0 Å². The molecule has 1 saturated carbocycles. The number of ether oxygens (including phenoxy) is 1. The van der Waals surface area contributed by atoms with E-state index in [1.165, 1.54) is 43.2 Å². The number of benzene rings is 1. The van der Waals surface area contributed by atoms with E-state index in [4.69, 9.17) is 4.74 Å². The highest BCUT2D eigenvalue weighted by molar-refractivity contribution is 5.30. The maximum absolute atomic E-state index is 5.71. The summed E-state index contributed by atoms with van der Waals surface area (Å²) in [7, 11) is 0. The molecule has 0 spiro atoms. The Morgan fingerprint density at radius 3 is 3.05 bits per heavy atom. The van der Waals surface area contributed by atoms with Crippen LogP contribution in [0.4, 0.5) is 0 Å². The summed E-state index contributed by atoms with van der Waals surface area (Å²) in [4.78, 5) is 0. The zero-order valence-corrected chi connectivity index (χ0v) is 12.6. The van der Waals surface area contributed by atoms with E-state index in [0.717, 1.165) is 31.6 Å². The van der Waals surface area contributed by atoms with Crippen molar-refractivity contribution < 1.29 is 4.74 Å². The van der Waals surface area contributed by atoms with Crippen LogP contribution in [-0.4, -0.2) is 13.2 Å². The Balaban J connectivity index is 1.49. The van der Waals surface area contributed by atoms with E-state index in [-0.39, 0.29) is 0 Å². The predicted molar refractivity (Wildman–Crippen MR) is 82.6 cm³/mol. The molecule has 1 aliphatic heterocycles. The third-order valence-corrected chi connectivity index (χ3v) is 4.96. The van der Waals surface area contributed by atoms with Crippen LogP contribution in [0.3, 0.4) is 0 Å². The molecule has 2 heteroatoms. The summed E-state index contributed by atoms with van der Waals surface area (Å²) in [5.74, 6) is 1.87. The molecule has 2 aliphatic rings. The van der Waals surface area contributed by atoms with Gasteiger partial charge in [-0.3, -0.25) is 0 Å². The molecular formula is C18H27NO. The zero-order chi connectivity index (χ0) is 13.8. The Morgan fingerprint density at radius 1 is 1.25 bits per heavy atom. The second kappa shape index (κ2) is 6.73. The fourth-order valence-corrected chi connectivity index (χ4v) is 3.83. The molecule has 1 aliphatic carbocycles. The standard InChI is InChI=1S/C18H27NO/c1-14-5-4-6-15(11-14)9-10-19-18-13-20-12-16-7-2-3-8-17(16)18/h2-3,7-8,14-15,18-19H,4-6,9-13H2,1H3. The topological polar surface area (TPSA) is 21.3 Å². The highest BCUT2D eigenvalue weighted by atomic mass is 16.5. The molecule has 1 fully saturated rings. The number of rotatable bonds is 4. The van der Waals surface area contributed by atoms with Crippen molar-refractivity contribution in [2.24, 2.45) is 11.8 Å². The van der Waals surface area contributed by atoms with Crippen molar-refractivity contribution in [3.8, 4) is 0 Å². The third-order valence-electron chi connectivity index (χ3n) is 4.96. The van der Waals surface area contributed by atoms with Crippen LogP contribution < -0.4 is 5.32 Å². The Labute approximate surface area is 122 Å². The molecule has 20 heavy (non-hydrogen) atoms. The van der Waals surface area contributed by atoms with Gasteiger partial charge in [-0.1, -0.05) is 50.5 Å². The smallest absolute Gasteiger partial charge is 0.0721 e. The summed E-state index contributed by atoms with van der Waals surface area (Å²) in [5.41, 5.74) is 2.79. The molecule has 0 saturated heterocycles. The second-order valence-electron chi connectivity index (χ2n) is 6.65. The molecular weight excluding hydrogens is 246 g/mol. The number of fused-ring (bicyclic) bond motifs is 1. The Bertz CT molecular complexity index is 431. The molecule has 0 radical (unpaired) electrons. The summed E-state index contributed by atoms with van der Waals surface area (Å²) in [6, 6.07) is 9.07. The molecule has 3 unspecified atom stereocenters. The van der Waals surface area contributed by atoms with E-state index in [0.29, 0.717) is 6.04 Å². The summed E-state index contributed by atoms with van der Waals surface area (Å²) < 4.78 is 5.71. The van der Waals surface area contributed by atoms with Crippen LogP contribution in [0.5, 0.6) is 0 Å². The first-order valence-electron chi connectivity index (χ1n) is 8.22. The average molecular weight is 273 g/mol. The first-order valence-corrected chi connectivity index (χ1v) is 8.22. The quantitative estimate of drug-likeness (QED) is 0.893. The van der Waals surface area contributed by atoms with Gasteiger partial charge >= 0.3 is 0 Å². The Morgan fingerprint density at radius 2 is 2.15 bits per heavy atom. The molecule has 0 bridgehead atoms. The highest BCUT2D eigenvalue weighted by Gasteiger charge is 2.21. The van der Waals surface area contributed by atoms with Gasteiger partial charge in [-0.05, 0) is 42.3 Å². The van der Waals surface area contributed by atoms with Gasteiger partial charge in [-0.15, -0.1) is 0 Å². The van der Waals surface area contributed by atoms with Gasteiger partial charge in [0.2, 0.25) is 0 Å². The monoisotopic (exact) mass is 273 g/mol. The van der Waals surface area contributed by atoms with E-state index < -0.39 is 0 Å². The third kappa shape index (κ3) is 3.42. The maximum atomic E-state index is 5.71. The number of nitrogens with one attached hydrogen (secondary N) is 1. The second-order valence-corrected chi connectivity index (χ2v) is 6.65. The number of hydrogen-bond acceptors (Lipinski definition) is 2. The highest BCUT2D eigenvalue weighted by Crippen LogP contribution is 2.31. The Hall–Kier alpha value is -0.860. The van der Waals surface area contributed by atoms with Crippen molar-refractivity contribution >= 4 is 0 Å². The van der Waals surface area contributed by atoms with Crippen molar-refractivity contribution in [3.63, 3.8) is 0 Å². The van der Waals surface area contributed by atoms with Gasteiger partial charge in [0.15, 0.2) is 0 Å². The molecule has 3 rings (SSSR count). The first-order chi connectivity index (χ1) is 9.83. The van der Waals surface area contributed by atoms with Crippen LogP contribution in [-0.2, 0) is 11.3 Å². The van der Waals surface area contributed by atoms with Crippen LogP contribution in [0.15, 0.2) is 24.3 Å². The van der Waals surface area contributed by atoms with Crippen LogP contribution >= 0.6 is 0 Å². The summed E-state index contributed by atoms with van der Waals surface area (Å²) in [6.07, 6.45) is 7.06. The largest absolute Gasteiger partial charge is 0.375 e. The minimum Gasteiger partial charge on any atom is -0.375 e. The lowest BCUT2D eigenvalue weighted by Gasteiger charge is -2.29. The summed E-state index contributed by atoms with van der Waals surface area (Å²) in [6.45, 7) is 5.12. The molecule has 1 aromatic rings. The summed E-state index contributed by atoms with van der Waals surface area (Å²) in [5, 5.41) is 3.71. The molecule has 0 aromatic heterocycles. The molecule has 3 atom stereocenters. The molecule has 110 valence electrons. The lowest BCUT2D eigenvalue weighted by molar-refractivity contribution is 0.0814. The Kier molecular flexibility index (Phi) is 4.74. The normalized spacial score (nSPS) is 29.9. The van der Waals surface area contributed by atoms with Gasteiger partial charge in [-0.25, -0.2) is 0 Å². The van der Waals surface area contributed by atoms with Crippen LogP contribution in [0, 0.1) is 11.8 Å². The predicted octanol–water partition coefficient (Wildman–Crippen LogP) is 4.06. The van der Waals surface area contributed by atoms with Gasteiger partial charge in [0.25, 0.3) is 0 Å². The minimum absolute atomic E-state index is 0.390. The number of hydrogen-bond donors (Lipinski definition) is 1. The zero-order valence-electron chi connectivity index (χ0n) is 12.6. The van der Waals surface area contributed by atoms with E-state index >= 15 is 0 Å². The van der Waals surface area contributed by atoms with Gasteiger partial charge in [0, 0.05) is 0 Å². The molecule has 1 aromatic carbocycles. The molecule has 1 heterocycles. The van der Waals surface area contributed by atoms with Crippen molar-refractivity contribution in [1.82, 2.24) is 5.32 Å². The fraction of sp³-hybridized carbons (Fsp3) is 0.667. The fourth-order valence-electron chi connectivity index (χ4n) is 3.83. The lowest BCUT2D eigenvalue weighted by atomic mass is 9.81. The van der Waals surface area contributed by atoms with E-state index in [2.05, 4.69) is 36.5 Å². The van der Waals surface area contributed by atoms with Gasteiger partial charge in [-0.2, -0.15) is 0 Å². The van der Waals surface area contributed by atoms with Crippen molar-refractivity contribution in [2.45, 2.75) is 51.7 Å². The van der Waals surface area contributed by atoms with Crippen LogP contribution in [0.1, 0.15) is 56.2 Å². The molecule has 2 nitrogen and oxygen atoms in total. The molecule has 0 amide bonds. The van der Waals surface area contributed by atoms with Crippen LogP contribution in [0.2, 0.25) is 0 Å². The summed E-state index contributed by atoms with van der Waals surface area (Å²) >= 11 is 0. The van der Waals surface area contributed by atoms with Gasteiger partial charge in [0.05, 0.1) is 19.3 Å². The van der Waals surface area contributed by atoms with Gasteiger partial charge < -0.3 is 10.1 Å². The van der Waals surface area contributed by atoms with Crippen LogP contribution in [0.25, 0.3) is 0 Å². The average Bonchev–Trinajstić information content (AvgIpc) is 2.48. The van der Waals surface area contributed by atoms with E-state index in [1.807, 2.05) is 0 Å². The maximum Gasteiger partial charge on any atom is 0.0721 e. The van der Waals surface area contributed by atoms with Crippen molar-refractivity contribution in [3.05, 3.63) is 35.4 Å². The first kappa shape index (κ1) is 14.1. The minimum atomic E-state index is 0.390. The van der Waals surface area contributed by atoms with Crippen molar-refractivity contribution in [2.75, 3.05) is 13.2 Å². The van der Waals surface area contributed by atoms with E-state index in [9.17, 15) is 0 Å². The van der Waals surface area contributed by atoms with E-state index in [1.54, 1.807) is 0 Å². The van der Waals surface area contributed by atoms with Crippen molar-refractivity contribution in [1.29, 1.82) is 0 Å².